The molecular formula is C18H14BBrN2O2. The van der Waals surface area contributed by atoms with Gasteiger partial charge in [-0.15, -0.1) is 0 Å². The highest BCUT2D eigenvalue weighted by molar-refractivity contribution is 9.10. The standard InChI is InChI=1S/C12H8N2.C6H6BBrO2/c1-3-9-10-4-2-8-14-12(10)6-5-11(9)13-7-1;8-6-3-1-5(2-4-6)7(9)10/h1-8H;1-4,9-10H. The molecule has 0 atom stereocenters. The predicted octanol–water partition coefficient (Wildman–Crippen LogP) is 2.91. The molecule has 0 aliphatic carbocycles. The Morgan fingerprint density at radius 3 is 1.67 bits per heavy atom. The lowest BCUT2D eigenvalue weighted by Gasteiger charge is -2.00. The lowest BCUT2D eigenvalue weighted by Crippen LogP contribution is -2.29. The van der Waals surface area contributed by atoms with Crippen LogP contribution < -0.4 is 5.46 Å². The van der Waals surface area contributed by atoms with Gasteiger partial charge in [-0.1, -0.05) is 40.2 Å². The van der Waals surface area contributed by atoms with Crippen LogP contribution >= 0.6 is 15.9 Å². The van der Waals surface area contributed by atoms with E-state index in [2.05, 4.69) is 38.0 Å². The van der Waals surface area contributed by atoms with E-state index >= 15 is 0 Å². The molecule has 4 rings (SSSR count). The monoisotopic (exact) mass is 380 g/mol. The van der Waals surface area contributed by atoms with Crippen molar-refractivity contribution in [1.29, 1.82) is 0 Å². The molecule has 4 nitrogen and oxygen atoms in total. The molecule has 0 bridgehead atoms. The van der Waals surface area contributed by atoms with Crippen molar-refractivity contribution in [3.63, 3.8) is 0 Å². The zero-order valence-corrected chi connectivity index (χ0v) is 14.3. The molecule has 118 valence electrons. The molecule has 6 heteroatoms. The minimum Gasteiger partial charge on any atom is -0.423 e. The highest BCUT2D eigenvalue weighted by Gasteiger charge is 2.08. The summed E-state index contributed by atoms with van der Waals surface area (Å²) in [5.41, 5.74) is 2.55. The van der Waals surface area contributed by atoms with E-state index in [1.807, 2.05) is 36.7 Å². The van der Waals surface area contributed by atoms with Gasteiger partial charge in [0, 0.05) is 27.6 Å². The third-order valence-corrected chi connectivity index (χ3v) is 4.06. The maximum absolute atomic E-state index is 8.65. The van der Waals surface area contributed by atoms with Gasteiger partial charge in [0.05, 0.1) is 11.0 Å². The second-order valence-corrected chi connectivity index (χ2v) is 6.05. The lowest BCUT2D eigenvalue weighted by molar-refractivity contribution is 0.426. The van der Waals surface area contributed by atoms with Gasteiger partial charge in [-0.3, -0.25) is 9.97 Å². The molecule has 0 amide bonds. The highest BCUT2D eigenvalue weighted by atomic mass is 79.9. The Kier molecular flexibility index (Phi) is 5.20. The number of pyridine rings is 2. The van der Waals surface area contributed by atoms with E-state index in [1.54, 1.807) is 24.3 Å². The smallest absolute Gasteiger partial charge is 0.423 e. The van der Waals surface area contributed by atoms with Crippen LogP contribution in [0, 0.1) is 0 Å². The van der Waals surface area contributed by atoms with Gasteiger partial charge in [0.2, 0.25) is 0 Å². The van der Waals surface area contributed by atoms with Crippen molar-refractivity contribution < 1.29 is 10.0 Å². The summed E-state index contributed by atoms with van der Waals surface area (Å²) in [5.74, 6) is 0. The second-order valence-electron chi connectivity index (χ2n) is 5.13. The third kappa shape index (κ3) is 3.79. The normalized spacial score (nSPS) is 10.3. The number of nitrogens with zero attached hydrogens (tertiary/aromatic N) is 2. The van der Waals surface area contributed by atoms with Gasteiger partial charge in [0.25, 0.3) is 0 Å². The van der Waals surface area contributed by atoms with Crippen molar-refractivity contribution in [2.24, 2.45) is 0 Å². The van der Waals surface area contributed by atoms with Crippen molar-refractivity contribution in [1.82, 2.24) is 9.97 Å². The molecule has 0 aliphatic heterocycles. The van der Waals surface area contributed by atoms with Gasteiger partial charge in [-0.05, 0) is 41.9 Å². The van der Waals surface area contributed by atoms with Crippen LogP contribution in [0.25, 0.3) is 21.8 Å². The molecule has 0 radical (unpaired) electrons. The van der Waals surface area contributed by atoms with Gasteiger partial charge in [0.1, 0.15) is 0 Å². The fraction of sp³-hybridized carbons (Fsp3) is 0. The van der Waals surface area contributed by atoms with Crippen molar-refractivity contribution in [2.45, 2.75) is 0 Å². The van der Waals surface area contributed by atoms with Crippen LogP contribution in [0.4, 0.5) is 0 Å². The van der Waals surface area contributed by atoms with Crippen molar-refractivity contribution in [3.05, 3.63) is 77.5 Å². The summed E-state index contributed by atoms with van der Waals surface area (Å²) in [6.45, 7) is 0. The summed E-state index contributed by atoms with van der Waals surface area (Å²) in [4.78, 5) is 8.61. The van der Waals surface area contributed by atoms with Crippen LogP contribution in [0.1, 0.15) is 0 Å². The average molecular weight is 381 g/mol. The predicted molar refractivity (Wildman–Crippen MR) is 101 cm³/mol. The summed E-state index contributed by atoms with van der Waals surface area (Å²) >= 11 is 3.23. The molecule has 2 aromatic heterocycles. The lowest BCUT2D eigenvalue weighted by atomic mass is 9.81. The van der Waals surface area contributed by atoms with E-state index in [1.165, 1.54) is 0 Å². The van der Waals surface area contributed by atoms with Crippen LogP contribution in [0.3, 0.4) is 0 Å². The summed E-state index contributed by atoms with van der Waals surface area (Å²) in [7, 11) is -1.37. The summed E-state index contributed by atoms with van der Waals surface area (Å²) in [6, 6.07) is 18.9. The van der Waals surface area contributed by atoms with E-state index in [9.17, 15) is 0 Å². The molecule has 4 aromatic rings. The average Bonchev–Trinajstić information content (AvgIpc) is 2.62. The van der Waals surface area contributed by atoms with E-state index in [4.69, 9.17) is 10.0 Å². The largest absolute Gasteiger partial charge is 0.488 e. The minimum atomic E-state index is -1.37. The Hall–Kier alpha value is -2.28. The Morgan fingerprint density at radius 1 is 0.708 bits per heavy atom. The molecule has 2 heterocycles. The number of fused-ring (bicyclic) bond motifs is 3. The van der Waals surface area contributed by atoms with Gasteiger partial charge in [0.15, 0.2) is 0 Å². The Morgan fingerprint density at radius 2 is 1.21 bits per heavy atom. The van der Waals surface area contributed by atoms with Gasteiger partial charge in [-0.25, -0.2) is 0 Å². The van der Waals surface area contributed by atoms with E-state index in [-0.39, 0.29) is 0 Å². The van der Waals surface area contributed by atoms with E-state index in [0.29, 0.717) is 5.46 Å². The second kappa shape index (κ2) is 7.53. The Labute approximate surface area is 148 Å². The first kappa shape index (κ1) is 16.6. The van der Waals surface area contributed by atoms with E-state index in [0.717, 1.165) is 26.3 Å². The SMILES string of the molecule is OB(O)c1ccc(Br)cc1.c1cnc2ccc3ncccc3c2c1. The van der Waals surface area contributed by atoms with Crippen LogP contribution in [-0.4, -0.2) is 27.1 Å². The first-order valence-electron chi connectivity index (χ1n) is 7.35. The topological polar surface area (TPSA) is 66.2 Å². The van der Waals surface area contributed by atoms with Crippen molar-refractivity contribution >= 4 is 50.3 Å². The number of hydrogen-bond acceptors (Lipinski definition) is 4. The number of rotatable bonds is 1. The first-order chi connectivity index (χ1) is 11.6. The third-order valence-electron chi connectivity index (χ3n) is 3.53. The number of halogens is 1. The quantitative estimate of drug-likeness (QED) is 0.393. The molecule has 0 spiro atoms. The van der Waals surface area contributed by atoms with Crippen LogP contribution in [0.2, 0.25) is 0 Å². The van der Waals surface area contributed by atoms with Crippen molar-refractivity contribution in [2.75, 3.05) is 0 Å². The molecular weight excluding hydrogens is 367 g/mol. The van der Waals surface area contributed by atoms with Gasteiger partial charge in [-0.2, -0.15) is 0 Å². The molecule has 2 aromatic carbocycles. The molecule has 0 aliphatic rings. The van der Waals surface area contributed by atoms with Gasteiger partial charge >= 0.3 is 7.12 Å². The fourth-order valence-corrected chi connectivity index (χ4v) is 2.61. The molecule has 0 saturated heterocycles. The number of aromatic nitrogens is 2. The summed E-state index contributed by atoms with van der Waals surface area (Å²) < 4.78 is 0.928. The molecule has 0 unspecified atom stereocenters. The maximum Gasteiger partial charge on any atom is 0.488 e. The fourth-order valence-electron chi connectivity index (χ4n) is 2.35. The van der Waals surface area contributed by atoms with Crippen LogP contribution in [0.15, 0.2) is 77.5 Å². The molecule has 2 N–H and O–H groups in total. The molecule has 24 heavy (non-hydrogen) atoms. The zero-order valence-electron chi connectivity index (χ0n) is 12.7. The first-order valence-corrected chi connectivity index (χ1v) is 8.14. The van der Waals surface area contributed by atoms with Crippen molar-refractivity contribution in [3.8, 4) is 0 Å². The van der Waals surface area contributed by atoms with Gasteiger partial charge < -0.3 is 10.0 Å². The van der Waals surface area contributed by atoms with Crippen LogP contribution in [-0.2, 0) is 0 Å². The van der Waals surface area contributed by atoms with E-state index < -0.39 is 7.12 Å². The zero-order chi connectivity index (χ0) is 16.9. The summed E-state index contributed by atoms with van der Waals surface area (Å²) in [5, 5.41) is 19.6. The Bertz CT molecular complexity index is 907. The number of benzene rings is 2. The minimum absolute atomic E-state index is 0.503. The molecule has 0 fully saturated rings. The molecule has 0 saturated carbocycles. The highest BCUT2D eigenvalue weighted by Crippen LogP contribution is 2.21. The Balaban J connectivity index is 0.000000150. The number of hydrogen-bond donors (Lipinski definition) is 2. The summed E-state index contributed by atoms with van der Waals surface area (Å²) in [6.07, 6.45) is 3.62. The van der Waals surface area contributed by atoms with Crippen LogP contribution in [0.5, 0.6) is 0 Å². The maximum atomic E-state index is 8.65.